The van der Waals surface area contributed by atoms with Crippen LogP contribution in [0.2, 0.25) is 0 Å². The summed E-state index contributed by atoms with van der Waals surface area (Å²) in [5.41, 5.74) is 3.45. The molecule has 24 heavy (non-hydrogen) atoms. The fraction of sp³-hybridized carbons (Fsp3) is 0.0556. The Labute approximate surface area is 148 Å². The molecule has 0 atom stereocenters. The third-order valence-corrected chi connectivity index (χ3v) is 3.95. The topological polar surface area (TPSA) is 73.6 Å². The first-order chi connectivity index (χ1) is 11.6. The van der Waals surface area contributed by atoms with E-state index in [0.717, 1.165) is 15.8 Å². The molecule has 1 aromatic heterocycles. The van der Waals surface area contributed by atoms with Crippen LogP contribution in [-0.2, 0) is 0 Å². The lowest BCUT2D eigenvalue weighted by atomic mass is 10.2. The zero-order valence-electron chi connectivity index (χ0n) is 12.9. The van der Waals surface area contributed by atoms with Gasteiger partial charge in [-0.3, -0.25) is 0 Å². The van der Waals surface area contributed by atoms with Gasteiger partial charge in [0.15, 0.2) is 0 Å². The van der Waals surface area contributed by atoms with Crippen molar-refractivity contribution in [2.75, 3.05) is 10.6 Å². The molecule has 3 aromatic rings. The van der Waals surface area contributed by atoms with Crippen molar-refractivity contribution in [1.29, 1.82) is 5.26 Å². The highest BCUT2D eigenvalue weighted by Gasteiger charge is 2.04. The molecule has 2 aromatic carbocycles. The largest absolute Gasteiger partial charge is 0.339 e. The highest BCUT2D eigenvalue weighted by Crippen LogP contribution is 2.26. The van der Waals surface area contributed by atoms with Crippen LogP contribution in [-0.4, -0.2) is 9.97 Å². The maximum Gasteiger partial charge on any atom is 0.229 e. The summed E-state index contributed by atoms with van der Waals surface area (Å²) in [5.74, 6) is 1.13. The molecule has 0 saturated carbocycles. The highest BCUT2D eigenvalue weighted by molar-refractivity contribution is 9.10. The molecule has 118 valence electrons. The van der Waals surface area contributed by atoms with E-state index in [1.54, 1.807) is 24.4 Å². The number of hydrogen-bond donors (Lipinski definition) is 2. The molecule has 3 rings (SSSR count). The maximum atomic E-state index is 8.96. The van der Waals surface area contributed by atoms with Crippen LogP contribution in [0.4, 0.5) is 23.1 Å². The molecule has 2 N–H and O–H groups in total. The Morgan fingerprint density at radius 1 is 1.08 bits per heavy atom. The third kappa shape index (κ3) is 3.89. The molecule has 0 fully saturated rings. The SMILES string of the molecule is Cc1ccc(Nc2ccnc(Nc3cccc(C#N)c3)n2)c(Br)c1. The van der Waals surface area contributed by atoms with E-state index in [0.29, 0.717) is 17.3 Å². The molecule has 0 saturated heterocycles. The van der Waals surface area contributed by atoms with Crippen molar-refractivity contribution in [2.24, 2.45) is 0 Å². The van der Waals surface area contributed by atoms with Crippen LogP contribution in [0.3, 0.4) is 0 Å². The molecule has 0 aliphatic carbocycles. The minimum Gasteiger partial charge on any atom is -0.339 e. The number of nitriles is 1. The fourth-order valence-corrected chi connectivity index (χ4v) is 2.74. The third-order valence-electron chi connectivity index (χ3n) is 3.29. The van der Waals surface area contributed by atoms with Gasteiger partial charge in [0.05, 0.1) is 17.3 Å². The molecule has 5 nitrogen and oxygen atoms in total. The van der Waals surface area contributed by atoms with Gasteiger partial charge in [0.25, 0.3) is 0 Å². The van der Waals surface area contributed by atoms with Gasteiger partial charge in [-0.2, -0.15) is 10.2 Å². The van der Waals surface area contributed by atoms with Gasteiger partial charge in [0, 0.05) is 16.4 Å². The molecule has 0 aliphatic rings. The van der Waals surface area contributed by atoms with Gasteiger partial charge < -0.3 is 10.6 Å². The van der Waals surface area contributed by atoms with Crippen LogP contribution in [0.5, 0.6) is 0 Å². The fourth-order valence-electron chi connectivity index (χ4n) is 2.14. The Morgan fingerprint density at radius 3 is 2.75 bits per heavy atom. The Balaban J connectivity index is 1.80. The van der Waals surface area contributed by atoms with Crippen molar-refractivity contribution >= 4 is 39.1 Å². The van der Waals surface area contributed by atoms with Crippen LogP contribution >= 0.6 is 15.9 Å². The summed E-state index contributed by atoms with van der Waals surface area (Å²) in [6.07, 6.45) is 1.67. The van der Waals surface area contributed by atoms with Gasteiger partial charge in [0.2, 0.25) is 5.95 Å². The average Bonchev–Trinajstić information content (AvgIpc) is 2.58. The number of aromatic nitrogens is 2. The Morgan fingerprint density at radius 2 is 1.96 bits per heavy atom. The molecule has 0 amide bonds. The van der Waals surface area contributed by atoms with E-state index in [4.69, 9.17) is 5.26 Å². The van der Waals surface area contributed by atoms with Crippen molar-refractivity contribution in [2.45, 2.75) is 6.92 Å². The number of halogens is 1. The first kappa shape index (κ1) is 16.0. The van der Waals surface area contributed by atoms with E-state index < -0.39 is 0 Å². The predicted octanol–water partition coefficient (Wildman–Crippen LogP) is 4.91. The van der Waals surface area contributed by atoms with Crippen LogP contribution in [0.1, 0.15) is 11.1 Å². The highest BCUT2D eigenvalue weighted by atomic mass is 79.9. The van der Waals surface area contributed by atoms with E-state index in [1.165, 1.54) is 5.56 Å². The molecular weight excluding hydrogens is 366 g/mol. The van der Waals surface area contributed by atoms with Crippen LogP contribution in [0, 0.1) is 18.3 Å². The summed E-state index contributed by atoms with van der Waals surface area (Å²) in [7, 11) is 0. The lowest BCUT2D eigenvalue weighted by molar-refractivity contribution is 1.16. The summed E-state index contributed by atoms with van der Waals surface area (Å²) in [5, 5.41) is 15.3. The molecule has 0 bridgehead atoms. The van der Waals surface area contributed by atoms with Gasteiger partial charge in [-0.15, -0.1) is 0 Å². The summed E-state index contributed by atoms with van der Waals surface area (Å²) in [4.78, 5) is 8.66. The second-order valence-corrected chi connectivity index (χ2v) is 6.05. The first-order valence-electron chi connectivity index (χ1n) is 7.27. The summed E-state index contributed by atoms with van der Waals surface area (Å²) < 4.78 is 0.970. The summed E-state index contributed by atoms with van der Waals surface area (Å²) >= 11 is 3.54. The van der Waals surface area contributed by atoms with Gasteiger partial charge in [0.1, 0.15) is 5.82 Å². The van der Waals surface area contributed by atoms with Gasteiger partial charge in [-0.05, 0) is 64.8 Å². The minimum absolute atomic E-state index is 0.457. The molecule has 0 radical (unpaired) electrons. The standard InChI is InChI=1S/C18H14BrN5/c1-12-5-6-16(15(19)9-12)23-17-7-8-21-18(24-17)22-14-4-2-3-13(10-14)11-20/h2-10H,1H3,(H2,21,22,23,24). The molecule has 6 heteroatoms. The molecular formula is C18H14BrN5. The molecule has 0 unspecified atom stereocenters. The number of anilines is 4. The van der Waals surface area contributed by atoms with Crippen molar-refractivity contribution < 1.29 is 0 Å². The number of aryl methyl sites for hydroxylation is 1. The van der Waals surface area contributed by atoms with Crippen LogP contribution in [0.15, 0.2) is 59.2 Å². The van der Waals surface area contributed by atoms with E-state index in [-0.39, 0.29) is 0 Å². The second kappa shape index (κ2) is 7.11. The number of nitrogens with one attached hydrogen (secondary N) is 2. The van der Waals surface area contributed by atoms with Gasteiger partial charge in [-0.1, -0.05) is 12.1 Å². The first-order valence-corrected chi connectivity index (χ1v) is 8.07. The quantitative estimate of drug-likeness (QED) is 0.673. The molecule has 0 aliphatic heterocycles. The molecule has 1 heterocycles. The lowest BCUT2D eigenvalue weighted by Crippen LogP contribution is -2.01. The average molecular weight is 380 g/mol. The Bertz CT molecular complexity index is 917. The van der Waals surface area contributed by atoms with Crippen molar-refractivity contribution in [3.8, 4) is 6.07 Å². The van der Waals surface area contributed by atoms with E-state index in [9.17, 15) is 0 Å². The number of nitrogens with zero attached hydrogens (tertiary/aromatic N) is 3. The van der Waals surface area contributed by atoms with E-state index >= 15 is 0 Å². The maximum absolute atomic E-state index is 8.96. The smallest absolute Gasteiger partial charge is 0.229 e. The van der Waals surface area contributed by atoms with Crippen molar-refractivity contribution in [1.82, 2.24) is 9.97 Å². The van der Waals surface area contributed by atoms with Crippen LogP contribution < -0.4 is 10.6 Å². The molecule has 0 spiro atoms. The number of benzene rings is 2. The van der Waals surface area contributed by atoms with Gasteiger partial charge >= 0.3 is 0 Å². The Kier molecular flexibility index (Phi) is 4.73. The number of rotatable bonds is 4. The zero-order valence-corrected chi connectivity index (χ0v) is 14.5. The van der Waals surface area contributed by atoms with E-state index in [2.05, 4.69) is 42.6 Å². The number of hydrogen-bond acceptors (Lipinski definition) is 5. The van der Waals surface area contributed by atoms with Crippen LogP contribution in [0.25, 0.3) is 0 Å². The van der Waals surface area contributed by atoms with Crippen molar-refractivity contribution in [3.63, 3.8) is 0 Å². The summed E-state index contributed by atoms with van der Waals surface area (Å²) in [6.45, 7) is 2.04. The zero-order chi connectivity index (χ0) is 16.9. The van der Waals surface area contributed by atoms with Crippen molar-refractivity contribution in [3.05, 3.63) is 70.3 Å². The monoisotopic (exact) mass is 379 g/mol. The van der Waals surface area contributed by atoms with E-state index in [1.807, 2.05) is 37.3 Å². The van der Waals surface area contributed by atoms with Gasteiger partial charge in [-0.25, -0.2) is 4.98 Å². The normalized spacial score (nSPS) is 10.0. The minimum atomic E-state index is 0.457. The second-order valence-electron chi connectivity index (χ2n) is 5.19. The summed E-state index contributed by atoms with van der Waals surface area (Å²) in [6, 6.07) is 17.1. The predicted molar refractivity (Wildman–Crippen MR) is 98.6 cm³/mol. The Hall–Kier alpha value is -2.91. The lowest BCUT2D eigenvalue weighted by Gasteiger charge is -2.10.